The van der Waals surface area contributed by atoms with E-state index >= 15 is 0 Å². The summed E-state index contributed by atoms with van der Waals surface area (Å²) in [5.74, 6) is 0.770. The zero-order valence-electron chi connectivity index (χ0n) is 18.8. The SMILES string of the molecule is C[C@H]1[C@H](C)CCC[C@@H]1NC(=O)[C@H](C)OC(=O)CCNS(=O)(=O)c1ccc2c(c1)OCCO2. The van der Waals surface area contributed by atoms with Gasteiger partial charge in [0, 0.05) is 18.7 Å². The number of rotatable bonds is 8. The van der Waals surface area contributed by atoms with Crippen molar-refractivity contribution in [3.8, 4) is 11.5 Å². The molecule has 1 fully saturated rings. The normalized spacial score (nSPS) is 23.8. The highest BCUT2D eigenvalue weighted by molar-refractivity contribution is 7.89. The predicted molar refractivity (Wildman–Crippen MR) is 117 cm³/mol. The van der Waals surface area contributed by atoms with Crippen molar-refractivity contribution in [1.29, 1.82) is 0 Å². The maximum absolute atomic E-state index is 12.5. The molecule has 1 heterocycles. The molecule has 1 aromatic rings. The van der Waals surface area contributed by atoms with Gasteiger partial charge >= 0.3 is 5.97 Å². The van der Waals surface area contributed by atoms with Gasteiger partial charge in [-0.1, -0.05) is 26.7 Å². The van der Waals surface area contributed by atoms with Crippen LogP contribution in [0.15, 0.2) is 23.1 Å². The molecule has 2 N–H and O–H groups in total. The number of carbonyl (C=O) groups is 2. The average molecular weight is 469 g/mol. The van der Waals surface area contributed by atoms with Crippen molar-refractivity contribution in [2.24, 2.45) is 11.8 Å². The first-order valence-corrected chi connectivity index (χ1v) is 12.5. The monoisotopic (exact) mass is 468 g/mol. The van der Waals surface area contributed by atoms with E-state index in [4.69, 9.17) is 14.2 Å². The molecule has 1 aromatic carbocycles. The number of fused-ring (bicyclic) bond motifs is 1. The smallest absolute Gasteiger partial charge is 0.307 e. The van der Waals surface area contributed by atoms with Crippen molar-refractivity contribution in [3.05, 3.63) is 18.2 Å². The summed E-state index contributed by atoms with van der Waals surface area (Å²) in [5.41, 5.74) is 0. The lowest BCUT2D eigenvalue weighted by atomic mass is 9.78. The summed E-state index contributed by atoms with van der Waals surface area (Å²) in [6.07, 6.45) is 1.99. The molecule has 3 rings (SSSR count). The highest BCUT2D eigenvalue weighted by Crippen LogP contribution is 2.32. The number of sulfonamides is 1. The molecule has 0 radical (unpaired) electrons. The minimum absolute atomic E-state index is 0.0127. The van der Waals surface area contributed by atoms with E-state index in [1.54, 1.807) is 0 Å². The Morgan fingerprint density at radius 2 is 1.88 bits per heavy atom. The van der Waals surface area contributed by atoms with Crippen molar-refractivity contribution in [2.45, 2.75) is 63.5 Å². The Morgan fingerprint density at radius 3 is 2.62 bits per heavy atom. The first-order chi connectivity index (χ1) is 15.2. The number of hydrogen-bond acceptors (Lipinski definition) is 7. The van der Waals surface area contributed by atoms with E-state index in [1.807, 2.05) is 0 Å². The minimum Gasteiger partial charge on any atom is -0.486 e. The van der Waals surface area contributed by atoms with E-state index in [0.717, 1.165) is 19.3 Å². The summed E-state index contributed by atoms with van der Waals surface area (Å²) in [6.45, 7) is 6.43. The number of esters is 1. The number of amides is 1. The van der Waals surface area contributed by atoms with E-state index in [0.29, 0.717) is 36.5 Å². The molecule has 1 amide bonds. The van der Waals surface area contributed by atoms with Crippen LogP contribution in [0.2, 0.25) is 0 Å². The number of hydrogen-bond donors (Lipinski definition) is 2. The highest BCUT2D eigenvalue weighted by Gasteiger charge is 2.30. The Balaban J connectivity index is 1.44. The van der Waals surface area contributed by atoms with Crippen LogP contribution in [0.5, 0.6) is 11.5 Å². The topological polar surface area (TPSA) is 120 Å². The van der Waals surface area contributed by atoms with Crippen LogP contribution in [0, 0.1) is 11.8 Å². The van der Waals surface area contributed by atoms with Crippen LogP contribution >= 0.6 is 0 Å². The Kier molecular flexibility index (Phi) is 8.00. The largest absolute Gasteiger partial charge is 0.486 e. The maximum Gasteiger partial charge on any atom is 0.307 e. The standard InChI is InChI=1S/C22H32N2O7S/c1-14-5-4-6-18(15(14)2)24-22(26)16(3)31-21(25)9-10-23-32(27,28)17-7-8-19-20(13-17)30-12-11-29-19/h7-8,13-16,18,23H,4-6,9-12H2,1-3H3,(H,24,26)/t14-,15+,16+,18+/m1/s1. The van der Waals surface area contributed by atoms with Crippen molar-refractivity contribution in [3.63, 3.8) is 0 Å². The second-order valence-electron chi connectivity index (χ2n) is 8.47. The van der Waals surface area contributed by atoms with Crippen molar-refractivity contribution >= 4 is 21.9 Å². The fourth-order valence-corrected chi connectivity index (χ4v) is 5.00. The third kappa shape index (κ3) is 6.13. The predicted octanol–water partition coefficient (Wildman–Crippen LogP) is 2.00. The molecule has 178 valence electrons. The number of ether oxygens (including phenoxy) is 3. The van der Waals surface area contributed by atoms with Crippen molar-refractivity contribution in [1.82, 2.24) is 10.0 Å². The molecule has 0 spiro atoms. The summed E-state index contributed by atoms with van der Waals surface area (Å²) < 4.78 is 43.3. The van der Waals surface area contributed by atoms with Gasteiger partial charge in [0.2, 0.25) is 10.0 Å². The molecule has 4 atom stereocenters. The molecule has 9 nitrogen and oxygen atoms in total. The molecule has 0 unspecified atom stereocenters. The molecule has 1 saturated carbocycles. The molecule has 10 heteroatoms. The second kappa shape index (κ2) is 10.5. The number of carbonyl (C=O) groups excluding carboxylic acids is 2. The Bertz CT molecular complexity index is 934. The number of nitrogens with one attached hydrogen (secondary N) is 2. The molecule has 0 bridgehead atoms. The molecule has 0 saturated heterocycles. The van der Waals surface area contributed by atoms with Gasteiger partial charge < -0.3 is 19.5 Å². The molecule has 1 aliphatic heterocycles. The summed E-state index contributed by atoms with van der Waals surface area (Å²) in [5, 5.41) is 2.98. The molecule has 1 aliphatic carbocycles. The quantitative estimate of drug-likeness (QED) is 0.560. The molecular weight excluding hydrogens is 436 g/mol. The summed E-state index contributed by atoms with van der Waals surface area (Å²) in [7, 11) is -3.84. The van der Waals surface area contributed by atoms with Crippen LogP contribution in [-0.2, 0) is 24.3 Å². The minimum atomic E-state index is -3.84. The van der Waals surface area contributed by atoms with E-state index in [9.17, 15) is 18.0 Å². The Hall–Kier alpha value is -2.33. The Morgan fingerprint density at radius 1 is 1.16 bits per heavy atom. The van der Waals surface area contributed by atoms with Gasteiger partial charge in [0.05, 0.1) is 11.3 Å². The van der Waals surface area contributed by atoms with Crippen LogP contribution in [-0.4, -0.2) is 52.2 Å². The van der Waals surface area contributed by atoms with Gasteiger partial charge in [-0.15, -0.1) is 0 Å². The van der Waals surface area contributed by atoms with Crippen LogP contribution in [0.1, 0.15) is 46.5 Å². The second-order valence-corrected chi connectivity index (χ2v) is 10.2. The summed E-state index contributed by atoms with van der Waals surface area (Å²) >= 11 is 0. The third-order valence-electron chi connectivity index (χ3n) is 6.16. The van der Waals surface area contributed by atoms with Crippen molar-refractivity contribution < 1.29 is 32.2 Å². The Labute approximate surface area is 189 Å². The number of benzene rings is 1. The third-order valence-corrected chi connectivity index (χ3v) is 7.62. The van der Waals surface area contributed by atoms with Crippen LogP contribution in [0.25, 0.3) is 0 Å². The average Bonchev–Trinajstić information content (AvgIpc) is 2.76. The van der Waals surface area contributed by atoms with Gasteiger partial charge in [-0.25, -0.2) is 13.1 Å². The first-order valence-electron chi connectivity index (χ1n) is 11.1. The van der Waals surface area contributed by atoms with Crippen molar-refractivity contribution in [2.75, 3.05) is 19.8 Å². The zero-order chi connectivity index (χ0) is 23.3. The van der Waals surface area contributed by atoms with Gasteiger partial charge in [0.1, 0.15) is 13.2 Å². The molecular formula is C22H32N2O7S. The highest BCUT2D eigenvalue weighted by atomic mass is 32.2. The fourth-order valence-electron chi connectivity index (χ4n) is 3.96. The van der Waals surface area contributed by atoms with E-state index in [2.05, 4.69) is 23.9 Å². The molecule has 32 heavy (non-hydrogen) atoms. The van der Waals surface area contributed by atoms with Gasteiger partial charge in [-0.3, -0.25) is 9.59 Å². The van der Waals surface area contributed by atoms with Gasteiger partial charge in [0.25, 0.3) is 5.91 Å². The zero-order valence-corrected chi connectivity index (χ0v) is 19.6. The maximum atomic E-state index is 12.5. The van der Waals surface area contributed by atoms with Gasteiger partial charge in [0.15, 0.2) is 17.6 Å². The lowest BCUT2D eigenvalue weighted by Crippen LogP contribution is -2.47. The lowest BCUT2D eigenvalue weighted by Gasteiger charge is -2.35. The van der Waals surface area contributed by atoms with E-state index in [1.165, 1.54) is 25.1 Å². The van der Waals surface area contributed by atoms with Crippen LogP contribution in [0.4, 0.5) is 0 Å². The lowest BCUT2D eigenvalue weighted by molar-refractivity contribution is -0.155. The van der Waals surface area contributed by atoms with Crippen LogP contribution in [0.3, 0.4) is 0 Å². The molecule has 0 aromatic heterocycles. The first kappa shape index (κ1) is 24.3. The fraction of sp³-hybridized carbons (Fsp3) is 0.636. The van der Waals surface area contributed by atoms with Gasteiger partial charge in [-0.2, -0.15) is 0 Å². The van der Waals surface area contributed by atoms with Crippen LogP contribution < -0.4 is 19.5 Å². The van der Waals surface area contributed by atoms with E-state index in [-0.39, 0.29) is 29.8 Å². The molecule has 2 aliphatic rings. The summed E-state index contributed by atoms with van der Waals surface area (Å²) in [4.78, 5) is 24.5. The summed E-state index contributed by atoms with van der Waals surface area (Å²) in [6, 6.07) is 4.40. The van der Waals surface area contributed by atoms with Gasteiger partial charge in [-0.05, 0) is 37.3 Å². The van der Waals surface area contributed by atoms with E-state index < -0.39 is 22.1 Å².